The maximum atomic E-state index is 11.6. The zero-order valence-electron chi connectivity index (χ0n) is 9.55. The highest BCUT2D eigenvalue weighted by Gasteiger charge is 2.19. The lowest BCUT2D eigenvalue weighted by Gasteiger charge is -2.23. The molecule has 0 aliphatic carbocycles. The molecule has 0 radical (unpaired) electrons. The molecule has 1 fully saturated rings. The second kappa shape index (κ2) is 5.61. The summed E-state index contributed by atoms with van der Waals surface area (Å²) in [6.45, 7) is 2.31. The molecule has 98 valence electrons. The standard InChI is InChI=1S/C10H13N3O5/c14-10(8-1-2-9(18-8)13(15)16)12-5-7-6-17-4-3-11-7/h1-2,7,11H,3-6H2,(H,12,14). The van der Waals surface area contributed by atoms with Crippen LogP contribution in [0.25, 0.3) is 0 Å². The minimum absolute atomic E-state index is 0.0487. The van der Waals surface area contributed by atoms with E-state index in [1.807, 2.05) is 0 Å². The Morgan fingerprint density at radius 3 is 3.06 bits per heavy atom. The van der Waals surface area contributed by atoms with Crippen LogP contribution in [0.4, 0.5) is 5.88 Å². The van der Waals surface area contributed by atoms with Crippen molar-refractivity contribution < 1.29 is 18.9 Å². The molecule has 1 atom stereocenters. The lowest BCUT2D eigenvalue weighted by molar-refractivity contribution is -0.402. The number of carbonyl (C=O) groups is 1. The van der Waals surface area contributed by atoms with Gasteiger partial charge in [-0.25, -0.2) is 0 Å². The van der Waals surface area contributed by atoms with Gasteiger partial charge in [0, 0.05) is 19.1 Å². The SMILES string of the molecule is O=C(NCC1COCCN1)c1ccc([N+](=O)[O-])o1. The minimum Gasteiger partial charge on any atom is -0.395 e. The number of nitrogens with one attached hydrogen (secondary N) is 2. The molecule has 8 heteroatoms. The third-order valence-electron chi connectivity index (χ3n) is 2.50. The Labute approximate surface area is 102 Å². The molecule has 1 aliphatic heterocycles. The molecule has 1 unspecified atom stereocenters. The smallest absolute Gasteiger partial charge is 0.395 e. The van der Waals surface area contributed by atoms with Crippen molar-refractivity contribution in [1.29, 1.82) is 0 Å². The zero-order chi connectivity index (χ0) is 13.0. The molecule has 0 aromatic carbocycles. The summed E-state index contributed by atoms with van der Waals surface area (Å²) in [7, 11) is 0. The molecule has 0 bridgehead atoms. The van der Waals surface area contributed by atoms with E-state index < -0.39 is 16.7 Å². The van der Waals surface area contributed by atoms with Crippen LogP contribution in [-0.2, 0) is 4.74 Å². The van der Waals surface area contributed by atoms with Crippen molar-refractivity contribution >= 4 is 11.8 Å². The van der Waals surface area contributed by atoms with Gasteiger partial charge in [-0.1, -0.05) is 0 Å². The highest BCUT2D eigenvalue weighted by atomic mass is 16.6. The van der Waals surface area contributed by atoms with E-state index >= 15 is 0 Å². The number of amides is 1. The second-order valence-corrected chi connectivity index (χ2v) is 3.83. The number of carbonyl (C=O) groups excluding carboxylic acids is 1. The normalized spacial score (nSPS) is 19.4. The van der Waals surface area contributed by atoms with Gasteiger partial charge in [0.05, 0.1) is 19.3 Å². The molecular weight excluding hydrogens is 242 g/mol. The number of furan rings is 1. The molecule has 1 saturated heterocycles. The van der Waals surface area contributed by atoms with Crippen molar-refractivity contribution in [2.45, 2.75) is 6.04 Å². The first-order chi connectivity index (χ1) is 8.66. The van der Waals surface area contributed by atoms with E-state index in [-0.39, 0.29) is 11.8 Å². The van der Waals surface area contributed by atoms with Crippen LogP contribution in [-0.4, -0.2) is 43.2 Å². The lowest BCUT2D eigenvalue weighted by Crippen LogP contribution is -2.48. The van der Waals surface area contributed by atoms with Crippen molar-refractivity contribution in [2.24, 2.45) is 0 Å². The van der Waals surface area contributed by atoms with Gasteiger partial charge in [0.15, 0.2) is 5.76 Å². The maximum Gasteiger partial charge on any atom is 0.433 e. The van der Waals surface area contributed by atoms with Crippen molar-refractivity contribution in [2.75, 3.05) is 26.3 Å². The molecule has 1 aromatic rings. The van der Waals surface area contributed by atoms with Crippen LogP contribution in [0.5, 0.6) is 0 Å². The van der Waals surface area contributed by atoms with Crippen LogP contribution in [0.3, 0.4) is 0 Å². The zero-order valence-corrected chi connectivity index (χ0v) is 9.55. The Morgan fingerprint density at radius 2 is 2.44 bits per heavy atom. The summed E-state index contributed by atoms with van der Waals surface area (Å²) >= 11 is 0. The summed E-state index contributed by atoms with van der Waals surface area (Å²) in [4.78, 5) is 21.3. The Morgan fingerprint density at radius 1 is 1.61 bits per heavy atom. The summed E-state index contributed by atoms with van der Waals surface area (Å²) < 4.78 is 10.0. The fourth-order valence-corrected chi connectivity index (χ4v) is 1.60. The molecule has 2 rings (SSSR count). The molecular formula is C10H13N3O5. The van der Waals surface area contributed by atoms with E-state index in [0.717, 1.165) is 12.6 Å². The largest absolute Gasteiger partial charge is 0.433 e. The summed E-state index contributed by atoms with van der Waals surface area (Å²) in [6, 6.07) is 2.47. The van der Waals surface area contributed by atoms with Crippen LogP contribution in [0.15, 0.2) is 16.5 Å². The van der Waals surface area contributed by atoms with Gasteiger partial charge in [0.25, 0.3) is 5.91 Å². The van der Waals surface area contributed by atoms with Crippen LogP contribution < -0.4 is 10.6 Å². The first-order valence-electron chi connectivity index (χ1n) is 5.50. The fourth-order valence-electron chi connectivity index (χ4n) is 1.60. The van der Waals surface area contributed by atoms with Gasteiger partial charge in [-0.05, 0) is 6.07 Å². The van der Waals surface area contributed by atoms with Gasteiger partial charge in [0.2, 0.25) is 0 Å². The maximum absolute atomic E-state index is 11.6. The lowest BCUT2D eigenvalue weighted by atomic mass is 10.2. The average molecular weight is 255 g/mol. The average Bonchev–Trinajstić information content (AvgIpc) is 2.87. The van der Waals surface area contributed by atoms with E-state index in [1.54, 1.807) is 0 Å². The summed E-state index contributed by atoms with van der Waals surface area (Å²) in [6.07, 6.45) is 0. The predicted molar refractivity (Wildman–Crippen MR) is 60.3 cm³/mol. The molecule has 1 aromatic heterocycles. The number of nitrogens with zero attached hydrogens (tertiary/aromatic N) is 1. The monoisotopic (exact) mass is 255 g/mol. The Bertz CT molecular complexity index is 438. The number of nitro groups is 1. The molecule has 0 spiro atoms. The minimum atomic E-state index is -0.687. The quantitative estimate of drug-likeness (QED) is 0.575. The molecule has 0 saturated carbocycles. The predicted octanol–water partition coefficient (Wildman–Crippen LogP) is -0.0940. The van der Waals surface area contributed by atoms with Gasteiger partial charge >= 0.3 is 5.88 Å². The van der Waals surface area contributed by atoms with Crippen molar-refractivity contribution in [3.05, 3.63) is 28.0 Å². The van der Waals surface area contributed by atoms with Crippen molar-refractivity contribution in [1.82, 2.24) is 10.6 Å². The summed E-state index contributed by atoms with van der Waals surface area (Å²) in [5.41, 5.74) is 0. The van der Waals surface area contributed by atoms with E-state index in [9.17, 15) is 14.9 Å². The number of hydrogen-bond acceptors (Lipinski definition) is 6. The van der Waals surface area contributed by atoms with Gasteiger partial charge in [-0.15, -0.1) is 0 Å². The highest BCUT2D eigenvalue weighted by Crippen LogP contribution is 2.15. The van der Waals surface area contributed by atoms with Gasteiger partial charge in [-0.3, -0.25) is 14.9 Å². The van der Waals surface area contributed by atoms with Crippen molar-refractivity contribution in [3.8, 4) is 0 Å². The van der Waals surface area contributed by atoms with E-state index in [0.29, 0.717) is 19.8 Å². The molecule has 2 heterocycles. The summed E-state index contributed by atoms with van der Waals surface area (Å²) in [5.74, 6) is -0.992. The fraction of sp³-hybridized carbons (Fsp3) is 0.500. The molecule has 8 nitrogen and oxygen atoms in total. The molecule has 1 amide bonds. The Balaban J connectivity index is 1.84. The number of morpholine rings is 1. The Kier molecular flexibility index (Phi) is 3.90. The van der Waals surface area contributed by atoms with Crippen molar-refractivity contribution in [3.63, 3.8) is 0 Å². The second-order valence-electron chi connectivity index (χ2n) is 3.83. The first-order valence-corrected chi connectivity index (χ1v) is 5.50. The van der Waals surface area contributed by atoms with Gasteiger partial charge < -0.3 is 19.8 Å². The first kappa shape index (κ1) is 12.5. The van der Waals surface area contributed by atoms with Crippen LogP contribution in [0.1, 0.15) is 10.6 Å². The third kappa shape index (κ3) is 3.05. The number of hydrogen-bond donors (Lipinski definition) is 2. The number of rotatable bonds is 4. The topological polar surface area (TPSA) is 107 Å². The molecule has 1 aliphatic rings. The summed E-state index contributed by atoms with van der Waals surface area (Å²) in [5, 5.41) is 16.2. The third-order valence-corrected chi connectivity index (χ3v) is 2.50. The van der Waals surface area contributed by atoms with E-state index in [2.05, 4.69) is 10.6 Å². The molecule has 18 heavy (non-hydrogen) atoms. The van der Waals surface area contributed by atoms with Gasteiger partial charge in [-0.2, -0.15) is 0 Å². The number of ether oxygens (including phenoxy) is 1. The van der Waals surface area contributed by atoms with Crippen LogP contribution in [0, 0.1) is 10.1 Å². The van der Waals surface area contributed by atoms with E-state index in [1.165, 1.54) is 6.07 Å². The van der Waals surface area contributed by atoms with Crippen LogP contribution in [0.2, 0.25) is 0 Å². The molecule has 2 N–H and O–H groups in total. The Hall–Kier alpha value is -1.93. The van der Waals surface area contributed by atoms with Crippen LogP contribution >= 0.6 is 0 Å². The highest BCUT2D eigenvalue weighted by molar-refractivity contribution is 5.91. The van der Waals surface area contributed by atoms with Gasteiger partial charge in [0.1, 0.15) is 4.92 Å². The van der Waals surface area contributed by atoms with E-state index in [4.69, 9.17) is 9.15 Å².